The summed E-state index contributed by atoms with van der Waals surface area (Å²) in [6.07, 6.45) is 1.56. The van der Waals surface area contributed by atoms with Crippen LogP contribution >= 0.6 is 0 Å². The third-order valence-electron chi connectivity index (χ3n) is 2.82. The summed E-state index contributed by atoms with van der Waals surface area (Å²) in [7, 11) is 0. The number of nitrogens with one attached hydrogen (secondary N) is 3. The molecule has 0 aliphatic heterocycles. The summed E-state index contributed by atoms with van der Waals surface area (Å²) in [5.74, 6) is -1.67. The van der Waals surface area contributed by atoms with Gasteiger partial charge in [-0.2, -0.15) is 0 Å². The molecule has 0 fully saturated rings. The number of urea groups is 1. The predicted octanol–water partition coefficient (Wildman–Crippen LogP) is 0.0651. The Kier molecular flexibility index (Phi) is 6.77. The lowest BCUT2D eigenvalue weighted by Gasteiger charge is -2.28. The fraction of sp³-hybridized carbons (Fsp3) is 0.727. The van der Waals surface area contributed by atoms with Gasteiger partial charge >= 0.3 is 12.0 Å². The minimum Gasteiger partial charge on any atom is -0.480 e. The van der Waals surface area contributed by atoms with Crippen molar-refractivity contribution < 1.29 is 19.5 Å². The van der Waals surface area contributed by atoms with Crippen molar-refractivity contribution in [2.45, 2.75) is 39.2 Å². The normalized spacial score (nSPS) is 10.6. The highest BCUT2D eigenvalue weighted by atomic mass is 16.4. The molecule has 0 spiro atoms. The first-order valence-electron chi connectivity index (χ1n) is 5.87. The number of amides is 3. The molecule has 104 valence electrons. The SMILES string of the molecule is CCC(C)(CC)NC(=O)NCC(=O)NCC(=O)O. The second kappa shape index (κ2) is 7.52. The molecule has 7 nitrogen and oxygen atoms in total. The van der Waals surface area contributed by atoms with Crippen LogP contribution in [0.3, 0.4) is 0 Å². The van der Waals surface area contributed by atoms with Crippen molar-refractivity contribution in [3.63, 3.8) is 0 Å². The van der Waals surface area contributed by atoms with E-state index in [9.17, 15) is 14.4 Å². The Balaban J connectivity index is 3.96. The summed E-state index contributed by atoms with van der Waals surface area (Å²) in [6.45, 7) is 5.14. The van der Waals surface area contributed by atoms with Crippen LogP contribution in [0, 0.1) is 0 Å². The molecule has 0 radical (unpaired) electrons. The van der Waals surface area contributed by atoms with Gasteiger partial charge in [0.1, 0.15) is 6.54 Å². The monoisotopic (exact) mass is 259 g/mol. The Morgan fingerprint density at radius 3 is 2.06 bits per heavy atom. The van der Waals surface area contributed by atoms with E-state index < -0.39 is 24.5 Å². The van der Waals surface area contributed by atoms with E-state index in [0.717, 1.165) is 12.8 Å². The lowest BCUT2D eigenvalue weighted by molar-refractivity contribution is -0.137. The van der Waals surface area contributed by atoms with Crippen molar-refractivity contribution in [2.24, 2.45) is 0 Å². The van der Waals surface area contributed by atoms with Gasteiger partial charge in [-0.3, -0.25) is 9.59 Å². The molecule has 0 saturated heterocycles. The number of aliphatic carboxylic acids is 1. The molecule has 0 bridgehead atoms. The summed E-state index contributed by atoms with van der Waals surface area (Å²) >= 11 is 0. The average molecular weight is 259 g/mol. The minimum absolute atomic E-state index is 0.247. The minimum atomic E-state index is -1.13. The van der Waals surface area contributed by atoms with Crippen molar-refractivity contribution in [3.05, 3.63) is 0 Å². The van der Waals surface area contributed by atoms with Crippen molar-refractivity contribution in [1.82, 2.24) is 16.0 Å². The zero-order chi connectivity index (χ0) is 14.2. The first-order chi connectivity index (χ1) is 8.33. The van der Waals surface area contributed by atoms with Crippen LogP contribution in [0.4, 0.5) is 4.79 Å². The molecule has 0 aliphatic carbocycles. The fourth-order valence-electron chi connectivity index (χ4n) is 1.14. The smallest absolute Gasteiger partial charge is 0.322 e. The van der Waals surface area contributed by atoms with E-state index >= 15 is 0 Å². The van der Waals surface area contributed by atoms with Crippen molar-refractivity contribution >= 4 is 17.9 Å². The lowest BCUT2D eigenvalue weighted by Crippen LogP contribution is -2.51. The van der Waals surface area contributed by atoms with Crippen LogP contribution in [-0.4, -0.2) is 41.6 Å². The Morgan fingerprint density at radius 1 is 1.06 bits per heavy atom. The molecule has 0 aromatic carbocycles. The van der Waals surface area contributed by atoms with Crippen molar-refractivity contribution in [2.75, 3.05) is 13.1 Å². The molecule has 0 atom stereocenters. The average Bonchev–Trinajstić information content (AvgIpc) is 2.33. The van der Waals surface area contributed by atoms with E-state index in [0.29, 0.717) is 0 Å². The highest BCUT2D eigenvalue weighted by Gasteiger charge is 2.21. The van der Waals surface area contributed by atoms with E-state index in [1.54, 1.807) is 0 Å². The van der Waals surface area contributed by atoms with Gasteiger partial charge in [0.2, 0.25) is 5.91 Å². The van der Waals surface area contributed by atoms with Gasteiger partial charge in [-0.25, -0.2) is 4.79 Å². The quantitative estimate of drug-likeness (QED) is 0.518. The maximum absolute atomic E-state index is 11.5. The van der Waals surface area contributed by atoms with Gasteiger partial charge in [0.15, 0.2) is 0 Å². The summed E-state index contributed by atoms with van der Waals surface area (Å²) < 4.78 is 0. The second-order valence-electron chi connectivity index (χ2n) is 4.25. The lowest BCUT2D eigenvalue weighted by atomic mass is 9.96. The molecule has 7 heteroatoms. The van der Waals surface area contributed by atoms with Crippen LogP contribution in [0.5, 0.6) is 0 Å². The molecule has 0 aromatic rings. The molecule has 0 saturated carbocycles. The zero-order valence-electron chi connectivity index (χ0n) is 11.0. The second-order valence-corrected chi connectivity index (χ2v) is 4.25. The third-order valence-corrected chi connectivity index (χ3v) is 2.82. The van der Waals surface area contributed by atoms with Crippen LogP contribution < -0.4 is 16.0 Å². The van der Waals surface area contributed by atoms with E-state index in [1.807, 2.05) is 20.8 Å². The topological polar surface area (TPSA) is 108 Å². The van der Waals surface area contributed by atoms with E-state index in [4.69, 9.17) is 5.11 Å². The van der Waals surface area contributed by atoms with E-state index in [1.165, 1.54) is 0 Å². The Bertz CT molecular complexity index is 313. The van der Waals surface area contributed by atoms with Gasteiger partial charge in [0.25, 0.3) is 0 Å². The van der Waals surface area contributed by atoms with Crippen LogP contribution in [0.1, 0.15) is 33.6 Å². The first-order valence-corrected chi connectivity index (χ1v) is 5.87. The summed E-state index contributed by atoms with van der Waals surface area (Å²) in [5.41, 5.74) is -0.304. The summed E-state index contributed by atoms with van der Waals surface area (Å²) in [5, 5.41) is 15.6. The van der Waals surface area contributed by atoms with Crippen LogP contribution in [-0.2, 0) is 9.59 Å². The maximum Gasteiger partial charge on any atom is 0.322 e. The molecule has 4 N–H and O–H groups in total. The van der Waals surface area contributed by atoms with Gasteiger partial charge in [-0.05, 0) is 19.8 Å². The van der Waals surface area contributed by atoms with Gasteiger partial charge in [0.05, 0.1) is 6.54 Å². The number of rotatable bonds is 7. The number of carbonyl (C=O) groups is 3. The molecule has 18 heavy (non-hydrogen) atoms. The van der Waals surface area contributed by atoms with Gasteiger partial charge in [0, 0.05) is 5.54 Å². The fourth-order valence-corrected chi connectivity index (χ4v) is 1.14. The Morgan fingerprint density at radius 2 is 1.61 bits per heavy atom. The molecular weight excluding hydrogens is 238 g/mol. The molecule has 0 rings (SSSR count). The van der Waals surface area contributed by atoms with Gasteiger partial charge < -0.3 is 21.1 Å². The predicted molar refractivity (Wildman–Crippen MR) is 66.2 cm³/mol. The highest BCUT2D eigenvalue weighted by molar-refractivity contribution is 5.86. The largest absolute Gasteiger partial charge is 0.480 e. The standard InChI is InChI=1S/C11H21N3O4/c1-4-11(3,5-2)14-10(18)13-6-8(15)12-7-9(16)17/h4-7H2,1-3H3,(H,12,15)(H,16,17)(H2,13,14,18). The first kappa shape index (κ1) is 16.2. The van der Waals surface area contributed by atoms with Crippen molar-refractivity contribution in [1.29, 1.82) is 0 Å². The molecular formula is C11H21N3O4. The molecule has 0 heterocycles. The third kappa shape index (κ3) is 6.72. The number of hydrogen-bond acceptors (Lipinski definition) is 3. The molecule has 0 aromatic heterocycles. The summed E-state index contributed by atoms with van der Waals surface area (Å²) in [6, 6.07) is -0.438. The van der Waals surface area contributed by atoms with E-state index in [-0.39, 0.29) is 12.1 Å². The van der Waals surface area contributed by atoms with Gasteiger partial charge in [-0.15, -0.1) is 0 Å². The molecule has 3 amide bonds. The number of hydrogen-bond donors (Lipinski definition) is 4. The Labute approximate surface area is 106 Å². The summed E-state index contributed by atoms with van der Waals surface area (Å²) in [4.78, 5) is 32.8. The van der Waals surface area contributed by atoms with Crippen LogP contribution in [0.15, 0.2) is 0 Å². The molecule has 0 aliphatic rings. The zero-order valence-corrected chi connectivity index (χ0v) is 11.0. The Hall–Kier alpha value is -1.79. The van der Waals surface area contributed by atoms with Crippen molar-refractivity contribution in [3.8, 4) is 0 Å². The van der Waals surface area contributed by atoms with Crippen LogP contribution in [0.2, 0.25) is 0 Å². The van der Waals surface area contributed by atoms with Gasteiger partial charge in [-0.1, -0.05) is 13.8 Å². The highest BCUT2D eigenvalue weighted by Crippen LogP contribution is 2.12. The molecule has 0 unspecified atom stereocenters. The van der Waals surface area contributed by atoms with E-state index in [2.05, 4.69) is 16.0 Å². The number of carboxylic acids is 1. The number of carbonyl (C=O) groups excluding carboxylic acids is 2. The number of carboxylic acid groups (broad SMARTS) is 1. The maximum atomic E-state index is 11.5. The van der Waals surface area contributed by atoms with Crippen LogP contribution in [0.25, 0.3) is 0 Å².